The van der Waals surface area contributed by atoms with Crippen molar-refractivity contribution in [2.45, 2.75) is 39.0 Å². The smallest absolute Gasteiger partial charge is 0.140 e. The highest BCUT2D eigenvalue weighted by Crippen LogP contribution is 2.59. The molecule has 0 saturated heterocycles. The van der Waals surface area contributed by atoms with E-state index in [1.807, 2.05) is 0 Å². The summed E-state index contributed by atoms with van der Waals surface area (Å²) in [6, 6.07) is 0. The highest BCUT2D eigenvalue weighted by Gasteiger charge is 2.55. The van der Waals surface area contributed by atoms with E-state index in [-0.39, 0.29) is 23.0 Å². The van der Waals surface area contributed by atoms with E-state index in [9.17, 15) is 9.59 Å². The van der Waals surface area contributed by atoms with E-state index in [2.05, 4.69) is 12.2 Å². The zero-order chi connectivity index (χ0) is 11.3. The molecule has 2 fully saturated rings. The van der Waals surface area contributed by atoms with Crippen molar-refractivity contribution in [3.8, 4) is 0 Å². The van der Waals surface area contributed by atoms with Crippen LogP contribution in [0.3, 0.4) is 0 Å². The summed E-state index contributed by atoms with van der Waals surface area (Å²) in [5, 5.41) is 0. The fourth-order valence-electron chi connectivity index (χ4n) is 4.16. The van der Waals surface area contributed by atoms with Crippen molar-refractivity contribution in [1.29, 1.82) is 0 Å². The summed E-state index contributed by atoms with van der Waals surface area (Å²) in [6.07, 6.45) is 9.51. The molecule has 0 aromatic rings. The molecular formula is C14H18O2. The number of fused-ring (bicyclic) bond motifs is 1. The molecule has 0 aromatic carbocycles. The lowest BCUT2D eigenvalue weighted by Gasteiger charge is -2.38. The Morgan fingerprint density at radius 1 is 1.56 bits per heavy atom. The van der Waals surface area contributed by atoms with Gasteiger partial charge in [-0.1, -0.05) is 18.6 Å². The molecule has 0 amide bonds. The number of hydrogen-bond acceptors (Lipinski definition) is 2. The Hall–Kier alpha value is -0.920. The van der Waals surface area contributed by atoms with E-state index < -0.39 is 0 Å². The molecule has 0 radical (unpaired) electrons. The minimum absolute atomic E-state index is 0.00697. The zero-order valence-corrected chi connectivity index (χ0v) is 9.74. The van der Waals surface area contributed by atoms with Crippen LogP contribution >= 0.6 is 0 Å². The van der Waals surface area contributed by atoms with Crippen molar-refractivity contribution in [1.82, 2.24) is 0 Å². The molecule has 4 atom stereocenters. The monoisotopic (exact) mass is 218 g/mol. The second kappa shape index (κ2) is 3.28. The normalized spacial score (nSPS) is 44.8. The lowest BCUT2D eigenvalue weighted by Crippen LogP contribution is -2.41. The third-order valence-corrected chi connectivity index (χ3v) is 4.85. The molecule has 0 heterocycles. The highest BCUT2D eigenvalue weighted by molar-refractivity contribution is 5.91. The van der Waals surface area contributed by atoms with Gasteiger partial charge >= 0.3 is 0 Å². The molecule has 86 valence electrons. The molecule has 3 aliphatic carbocycles. The average Bonchev–Trinajstić information content (AvgIpc) is 2.80. The first-order chi connectivity index (χ1) is 7.62. The standard InChI is InChI=1S/C14H18O2/c1-9(15)7-11-10-4-6-14(8-10)5-2-3-12(14)13(11)16/h4,6,10-12H,2-3,5,7-8H2,1H3/t10-,11+,12+,14+/m0/s1. The van der Waals surface area contributed by atoms with Gasteiger partial charge in [-0.15, -0.1) is 0 Å². The summed E-state index contributed by atoms with van der Waals surface area (Å²) >= 11 is 0. The minimum Gasteiger partial charge on any atom is -0.300 e. The second-order valence-corrected chi connectivity index (χ2v) is 5.82. The van der Waals surface area contributed by atoms with E-state index in [0.29, 0.717) is 18.1 Å². The van der Waals surface area contributed by atoms with Crippen LogP contribution in [-0.4, -0.2) is 11.6 Å². The van der Waals surface area contributed by atoms with E-state index in [1.54, 1.807) is 6.92 Å². The number of carbonyl (C=O) groups excluding carboxylic acids is 2. The summed E-state index contributed by atoms with van der Waals surface area (Å²) < 4.78 is 0. The van der Waals surface area contributed by atoms with Crippen molar-refractivity contribution in [2.24, 2.45) is 23.2 Å². The van der Waals surface area contributed by atoms with Gasteiger partial charge in [0.2, 0.25) is 0 Å². The molecule has 0 aromatic heterocycles. The van der Waals surface area contributed by atoms with E-state index in [1.165, 1.54) is 12.8 Å². The van der Waals surface area contributed by atoms with Gasteiger partial charge in [0.05, 0.1) is 0 Å². The molecule has 3 rings (SSSR count). The Bertz CT molecular complexity index is 382. The zero-order valence-electron chi connectivity index (χ0n) is 9.74. The predicted octanol–water partition coefficient (Wildman–Crippen LogP) is 2.53. The Morgan fingerprint density at radius 3 is 3.12 bits per heavy atom. The summed E-state index contributed by atoms with van der Waals surface area (Å²) in [6.45, 7) is 1.60. The maximum Gasteiger partial charge on any atom is 0.140 e. The molecule has 16 heavy (non-hydrogen) atoms. The van der Waals surface area contributed by atoms with Crippen molar-refractivity contribution in [3.63, 3.8) is 0 Å². The molecule has 0 N–H and O–H groups in total. The second-order valence-electron chi connectivity index (χ2n) is 5.82. The van der Waals surface area contributed by atoms with Gasteiger partial charge in [-0.05, 0) is 37.5 Å². The van der Waals surface area contributed by atoms with E-state index in [0.717, 1.165) is 12.8 Å². The fraction of sp³-hybridized carbons (Fsp3) is 0.714. The maximum atomic E-state index is 12.4. The van der Waals surface area contributed by atoms with Crippen LogP contribution in [0.4, 0.5) is 0 Å². The fourth-order valence-corrected chi connectivity index (χ4v) is 4.16. The van der Waals surface area contributed by atoms with Crippen molar-refractivity contribution < 1.29 is 9.59 Å². The minimum atomic E-state index is -0.00697. The van der Waals surface area contributed by atoms with Gasteiger partial charge < -0.3 is 4.79 Å². The lowest BCUT2D eigenvalue weighted by atomic mass is 9.63. The third kappa shape index (κ3) is 1.25. The van der Waals surface area contributed by atoms with Gasteiger partial charge in [-0.3, -0.25) is 4.79 Å². The first-order valence-electron chi connectivity index (χ1n) is 6.35. The first-order valence-corrected chi connectivity index (χ1v) is 6.35. The van der Waals surface area contributed by atoms with Gasteiger partial charge in [-0.25, -0.2) is 0 Å². The van der Waals surface area contributed by atoms with Crippen LogP contribution in [0.15, 0.2) is 12.2 Å². The Morgan fingerprint density at radius 2 is 2.38 bits per heavy atom. The van der Waals surface area contributed by atoms with Crippen LogP contribution in [0.25, 0.3) is 0 Å². The quantitative estimate of drug-likeness (QED) is 0.667. The molecule has 0 aliphatic heterocycles. The van der Waals surface area contributed by atoms with Gasteiger partial charge in [0.15, 0.2) is 0 Å². The van der Waals surface area contributed by atoms with E-state index >= 15 is 0 Å². The van der Waals surface area contributed by atoms with Gasteiger partial charge in [0.1, 0.15) is 11.6 Å². The number of ketones is 2. The number of carbonyl (C=O) groups is 2. The Kier molecular flexibility index (Phi) is 2.10. The Balaban J connectivity index is 1.92. The van der Waals surface area contributed by atoms with Crippen LogP contribution in [-0.2, 0) is 9.59 Å². The number of Topliss-reactive ketones (excluding diaryl/α,β-unsaturated/α-hetero) is 2. The Labute approximate surface area is 96.1 Å². The van der Waals surface area contributed by atoms with Crippen LogP contribution in [0.2, 0.25) is 0 Å². The van der Waals surface area contributed by atoms with E-state index in [4.69, 9.17) is 0 Å². The SMILES string of the molecule is CC(=O)C[C@H]1C(=O)[C@H]2CCC[C@]23C=C[C@H]1C3. The molecular weight excluding hydrogens is 200 g/mol. The highest BCUT2D eigenvalue weighted by atomic mass is 16.1. The molecule has 2 heteroatoms. The predicted molar refractivity (Wildman–Crippen MR) is 60.8 cm³/mol. The topological polar surface area (TPSA) is 34.1 Å². The summed E-state index contributed by atoms with van der Waals surface area (Å²) in [7, 11) is 0. The van der Waals surface area contributed by atoms with Gasteiger partial charge in [-0.2, -0.15) is 0 Å². The van der Waals surface area contributed by atoms with Crippen LogP contribution < -0.4 is 0 Å². The van der Waals surface area contributed by atoms with Crippen LogP contribution in [0.1, 0.15) is 39.0 Å². The van der Waals surface area contributed by atoms with Crippen molar-refractivity contribution in [2.75, 3.05) is 0 Å². The number of hydrogen-bond donors (Lipinski definition) is 0. The summed E-state index contributed by atoms with van der Waals surface area (Å²) in [5.41, 5.74) is 0.203. The lowest BCUT2D eigenvalue weighted by molar-refractivity contribution is -0.136. The van der Waals surface area contributed by atoms with Crippen molar-refractivity contribution in [3.05, 3.63) is 12.2 Å². The maximum absolute atomic E-state index is 12.4. The number of rotatable bonds is 2. The van der Waals surface area contributed by atoms with Crippen LogP contribution in [0.5, 0.6) is 0 Å². The van der Waals surface area contributed by atoms with Gasteiger partial charge in [0.25, 0.3) is 0 Å². The molecule has 0 unspecified atom stereocenters. The molecule has 1 spiro atoms. The molecule has 2 nitrogen and oxygen atoms in total. The molecule has 2 saturated carbocycles. The average molecular weight is 218 g/mol. The summed E-state index contributed by atoms with van der Waals surface area (Å²) in [5.74, 6) is 1.11. The van der Waals surface area contributed by atoms with Crippen molar-refractivity contribution >= 4 is 11.6 Å². The van der Waals surface area contributed by atoms with Gasteiger partial charge in [0, 0.05) is 18.3 Å². The molecule has 2 bridgehead atoms. The van der Waals surface area contributed by atoms with Crippen LogP contribution in [0, 0.1) is 23.2 Å². The summed E-state index contributed by atoms with van der Waals surface area (Å²) in [4.78, 5) is 23.7. The third-order valence-electron chi connectivity index (χ3n) is 4.85. The first kappa shape index (κ1) is 10.2. The largest absolute Gasteiger partial charge is 0.300 e. The molecule has 3 aliphatic rings. The number of allylic oxidation sites excluding steroid dienone is 2.